The number of nitrogens with zero attached hydrogens (tertiary/aromatic N) is 4. The van der Waals surface area contributed by atoms with Gasteiger partial charge < -0.3 is 15.5 Å². The number of hydrogen-bond donors (Lipinski definition) is 2. The summed E-state index contributed by atoms with van der Waals surface area (Å²) in [7, 11) is 0. The zero-order valence-electron chi connectivity index (χ0n) is 18.6. The molecule has 1 aliphatic heterocycles. The third-order valence-corrected chi connectivity index (χ3v) is 6.36. The van der Waals surface area contributed by atoms with Gasteiger partial charge in [0.25, 0.3) is 0 Å². The molecule has 0 unspecified atom stereocenters. The average molecular weight is 517 g/mol. The Bertz CT molecular complexity index is 1290. The first kappa shape index (κ1) is 22.3. The zero-order chi connectivity index (χ0) is 23.3. The predicted octanol–water partition coefficient (Wildman–Crippen LogP) is 4.90. The molecule has 0 atom stereocenters. The Hall–Kier alpha value is -3.49. The van der Waals surface area contributed by atoms with Gasteiger partial charge in [-0.15, -0.1) is 0 Å². The molecule has 0 aliphatic carbocycles. The van der Waals surface area contributed by atoms with E-state index in [1.54, 1.807) is 0 Å². The van der Waals surface area contributed by atoms with Gasteiger partial charge in [-0.25, -0.2) is 9.97 Å². The van der Waals surface area contributed by atoms with Crippen molar-refractivity contribution >= 4 is 55.6 Å². The van der Waals surface area contributed by atoms with Gasteiger partial charge in [0, 0.05) is 53.1 Å². The number of para-hydroxylation sites is 1. The summed E-state index contributed by atoms with van der Waals surface area (Å²) in [5, 5.41) is 7.23. The monoisotopic (exact) mass is 516 g/mol. The normalized spacial score (nSPS) is 14.2. The number of anilines is 4. The SMILES string of the molecule is O=C(CN1CCN(c2ccccc2)CC1)Nc1ccc2ncnc(Nc3cccc(Br)c3)c2c1. The Kier molecular flexibility index (Phi) is 6.69. The molecule has 0 bridgehead atoms. The van der Waals surface area contributed by atoms with E-state index in [-0.39, 0.29) is 5.91 Å². The molecule has 0 saturated carbocycles. The smallest absolute Gasteiger partial charge is 0.238 e. The van der Waals surface area contributed by atoms with Gasteiger partial charge in [0.15, 0.2) is 0 Å². The number of piperazine rings is 1. The molecule has 5 rings (SSSR count). The minimum absolute atomic E-state index is 0.0224. The van der Waals surface area contributed by atoms with E-state index < -0.39 is 0 Å². The summed E-state index contributed by atoms with van der Waals surface area (Å²) in [5.74, 6) is 0.669. The van der Waals surface area contributed by atoms with E-state index in [1.165, 1.54) is 12.0 Å². The van der Waals surface area contributed by atoms with Crippen LogP contribution in [0.4, 0.5) is 22.9 Å². The highest BCUT2D eigenvalue weighted by molar-refractivity contribution is 9.10. The van der Waals surface area contributed by atoms with Gasteiger partial charge in [0.2, 0.25) is 5.91 Å². The fourth-order valence-electron chi connectivity index (χ4n) is 4.14. The van der Waals surface area contributed by atoms with E-state index in [9.17, 15) is 4.79 Å². The molecule has 0 spiro atoms. The van der Waals surface area contributed by atoms with Crippen LogP contribution in [-0.2, 0) is 4.79 Å². The van der Waals surface area contributed by atoms with Gasteiger partial charge >= 0.3 is 0 Å². The first-order valence-corrected chi connectivity index (χ1v) is 12.0. The van der Waals surface area contributed by atoms with Gasteiger partial charge in [-0.2, -0.15) is 0 Å². The van der Waals surface area contributed by atoms with Gasteiger partial charge in [0.05, 0.1) is 12.1 Å². The van der Waals surface area contributed by atoms with E-state index in [2.05, 4.69) is 70.6 Å². The molecular weight excluding hydrogens is 492 g/mol. The van der Waals surface area contributed by atoms with E-state index in [0.717, 1.165) is 52.9 Å². The summed E-state index contributed by atoms with van der Waals surface area (Å²) in [6, 6.07) is 24.0. The zero-order valence-corrected chi connectivity index (χ0v) is 20.2. The van der Waals surface area contributed by atoms with Crippen LogP contribution in [0.5, 0.6) is 0 Å². The lowest BCUT2D eigenvalue weighted by atomic mass is 10.2. The molecule has 7 nitrogen and oxygen atoms in total. The molecule has 2 N–H and O–H groups in total. The van der Waals surface area contributed by atoms with Crippen LogP contribution in [0.3, 0.4) is 0 Å². The summed E-state index contributed by atoms with van der Waals surface area (Å²) in [4.78, 5) is 26.1. The van der Waals surface area contributed by atoms with E-state index in [4.69, 9.17) is 0 Å². The molecule has 1 aliphatic rings. The Morgan fingerprint density at radius 2 is 1.71 bits per heavy atom. The molecule has 1 amide bonds. The van der Waals surface area contributed by atoms with Crippen LogP contribution in [-0.4, -0.2) is 53.5 Å². The van der Waals surface area contributed by atoms with E-state index >= 15 is 0 Å². The maximum absolute atomic E-state index is 12.8. The summed E-state index contributed by atoms with van der Waals surface area (Å²) < 4.78 is 0.980. The van der Waals surface area contributed by atoms with Gasteiger partial charge in [-0.3, -0.25) is 9.69 Å². The van der Waals surface area contributed by atoms with Crippen molar-refractivity contribution in [3.8, 4) is 0 Å². The second-order valence-electron chi connectivity index (χ2n) is 8.24. The van der Waals surface area contributed by atoms with E-state index in [0.29, 0.717) is 12.4 Å². The second-order valence-corrected chi connectivity index (χ2v) is 9.15. The summed E-state index contributed by atoms with van der Waals surface area (Å²) in [5.41, 5.74) is 3.69. The van der Waals surface area contributed by atoms with Crippen molar-refractivity contribution in [2.75, 3.05) is 48.3 Å². The number of hydrogen-bond acceptors (Lipinski definition) is 6. The Morgan fingerprint density at radius 3 is 2.50 bits per heavy atom. The minimum atomic E-state index is -0.0224. The van der Waals surface area contributed by atoms with Crippen molar-refractivity contribution in [2.45, 2.75) is 0 Å². The lowest BCUT2D eigenvalue weighted by Gasteiger charge is -2.35. The number of nitrogens with one attached hydrogen (secondary N) is 2. The topological polar surface area (TPSA) is 73.4 Å². The van der Waals surface area contributed by atoms with Gasteiger partial charge in [0.1, 0.15) is 12.1 Å². The molecule has 1 fully saturated rings. The van der Waals surface area contributed by atoms with Crippen molar-refractivity contribution in [2.24, 2.45) is 0 Å². The number of amides is 1. The number of rotatable bonds is 6. The summed E-state index contributed by atoms with van der Waals surface area (Å²) >= 11 is 3.49. The molecule has 8 heteroatoms. The predicted molar refractivity (Wildman–Crippen MR) is 141 cm³/mol. The maximum atomic E-state index is 12.8. The van der Waals surface area contributed by atoms with Crippen molar-refractivity contribution in [1.29, 1.82) is 0 Å². The van der Waals surface area contributed by atoms with Crippen molar-refractivity contribution < 1.29 is 4.79 Å². The summed E-state index contributed by atoms with van der Waals surface area (Å²) in [6.07, 6.45) is 1.54. The standard InChI is InChI=1S/C26H25BrN6O/c27-19-5-4-6-20(15-19)31-26-23-16-21(9-10-24(23)28-18-29-26)30-25(34)17-32-11-13-33(14-12-32)22-7-2-1-3-8-22/h1-10,15-16,18H,11-14,17H2,(H,30,34)(H,28,29,31). The van der Waals surface area contributed by atoms with Crippen molar-refractivity contribution in [1.82, 2.24) is 14.9 Å². The largest absolute Gasteiger partial charge is 0.369 e. The minimum Gasteiger partial charge on any atom is -0.369 e. The lowest BCUT2D eigenvalue weighted by Crippen LogP contribution is -2.48. The number of aromatic nitrogens is 2. The van der Waals surface area contributed by atoms with Crippen LogP contribution < -0.4 is 15.5 Å². The van der Waals surface area contributed by atoms with Crippen LogP contribution in [0.1, 0.15) is 0 Å². The van der Waals surface area contributed by atoms with Crippen LogP contribution in [0.25, 0.3) is 10.9 Å². The van der Waals surface area contributed by atoms with Crippen LogP contribution in [0.2, 0.25) is 0 Å². The van der Waals surface area contributed by atoms with Crippen molar-refractivity contribution in [3.05, 3.63) is 83.6 Å². The summed E-state index contributed by atoms with van der Waals surface area (Å²) in [6.45, 7) is 3.91. The third kappa shape index (κ3) is 5.35. The fourth-order valence-corrected chi connectivity index (χ4v) is 4.54. The molecular formula is C26H25BrN6O. The molecule has 34 heavy (non-hydrogen) atoms. The Labute approximate surface area is 206 Å². The van der Waals surface area contributed by atoms with Crippen LogP contribution in [0, 0.1) is 0 Å². The van der Waals surface area contributed by atoms with E-state index in [1.807, 2.05) is 48.5 Å². The first-order chi connectivity index (χ1) is 16.6. The molecule has 1 saturated heterocycles. The highest BCUT2D eigenvalue weighted by Crippen LogP contribution is 2.27. The van der Waals surface area contributed by atoms with Crippen LogP contribution >= 0.6 is 15.9 Å². The van der Waals surface area contributed by atoms with Gasteiger partial charge in [-0.05, 0) is 48.5 Å². The van der Waals surface area contributed by atoms with Crippen molar-refractivity contribution in [3.63, 3.8) is 0 Å². The average Bonchev–Trinajstić information content (AvgIpc) is 2.85. The number of carbonyl (C=O) groups excluding carboxylic acids is 1. The maximum Gasteiger partial charge on any atom is 0.238 e. The highest BCUT2D eigenvalue weighted by Gasteiger charge is 2.19. The third-order valence-electron chi connectivity index (χ3n) is 5.87. The molecule has 2 heterocycles. The number of carbonyl (C=O) groups is 1. The first-order valence-electron chi connectivity index (χ1n) is 11.2. The lowest BCUT2D eigenvalue weighted by molar-refractivity contribution is -0.117. The highest BCUT2D eigenvalue weighted by atomic mass is 79.9. The molecule has 172 valence electrons. The Morgan fingerprint density at radius 1 is 0.882 bits per heavy atom. The Balaban J connectivity index is 1.23. The van der Waals surface area contributed by atoms with Crippen LogP contribution in [0.15, 0.2) is 83.6 Å². The van der Waals surface area contributed by atoms with Gasteiger partial charge in [-0.1, -0.05) is 40.2 Å². The quantitative estimate of drug-likeness (QED) is 0.379. The molecule has 3 aromatic carbocycles. The molecule has 0 radical (unpaired) electrons. The second kappa shape index (κ2) is 10.2. The fraction of sp³-hybridized carbons (Fsp3) is 0.192. The number of halogens is 1. The number of fused-ring (bicyclic) bond motifs is 1. The molecule has 1 aromatic heterocycles. The molecule has 4 aromatic rings. The number of benzene rings is 3.